The first kappa shape index (κ1) is 13.9. The molecular weight excluding hydrogens is 226 g/mol. The summed E-state index contributed by atoms with van der Waals surface area (Å²) in [5.74, 6) is 1.02. The monoisotopic (exact) mass is 249 g/mol. The van der Waals surface area contributed by atoms with Crippen LogP contribution in [0.5, 0.6) is 0 Å². The minimum absolute atomic E-state index is 0.0263. The summed E-state index contributed by atoms with van der Waals surface area (Å²) in [7, 11) is -2.87. The third-order valence-corrected chi connectivity index (χ3v) is 3.67. The predicted octanol–water partition coefficient (Wildman–Crippen LogP) is 0.826. The summed E-state index contributed by atoms with van der Waals surface area (Å²) in [5.41, 5.74) is 0. The quantitative estimate of drug-likeness (QED) is 0.615. The van der Waals surface area contributed by atoms with E-state index in [0.29, 0.717) is 0 Å². The van der Waals surface area contributed by atoms with Gasteiger partial charge < -0.3 is 10.1 Å². The van der Waals surface area contributed by atoms with Crippen molar-refractivity contribution in [1.82, 2.24) is 5.32 Å². The van der Waals surface area contributed by atoms with Crippen LogP contribution in [0.1, 0.15) is 26.2 Å². The summed E-state index contributed by atoms with van der Waals surface area (Å²) in [6.45, 7) is 4.39. The average Bonchev–Trinajstić information content (AvgIpc) is 2.91. The minimum atomic E-state index is -2.87. The predicted molar refractivity (Wildman–Crippen MR) is 65.3 cm³/mol. The molecule has 0 spiro atoms. The number of rotatable bonds is 9. The third kappa shape index (κ3) is 8.07. The molecule has 0 radical (unpaired) electrons. The second kappa shape index (κ2) is 6.57. The van der Waals surface area contributed by atoms with Crippen molar-refractivity contribution in [3.8, 4) is 0 Å². The summed E-state index contributed by atoms with van der Waals surface area (Å²) in [5, 5.41) is 3.18. The molecule has 0 heterocycles. The van der Waals surface area contributed by atoms with Crippen molar-refractivity contribution < 1.29 is 13.2 Å². The molecule has 4 nitrogen and oxygen atoms in total. The molecule has 1 N–H and O–H groups in total. The van der Waals surface area contributed by atoms with Gasteiger partial charge in [0.25, 0.3) is 0 Å². The molecule has 1 unspecified atom stereocenters. The fraction of sp³-hybridized carbons (Fsp3) is 1.00. The SMILES string of the molecule is CC(CS(C)(=O)=O)NCCCOCC1CC1. The van der Waals surface area contributed by atoms with Gasteiger partial charge in [-0.05, 0) is 38.6 Å². The Morgan fingerprint density at radius 1 is 1.44 bits per heavy atom. The zero-order chi connectivity index (χ0) is 12.0. The first-order chi connectivity index (χ1) is 7.47. The number of ether oxygens (including phenoxy) is 1. The summed E-state index contributed by atoms with van der Waals surface area (Å²) >= 11 is 0. The lowest BCUT2D eigenvalue weighted by Gasteiger charge is -2.12. The highest BCUT2D eigenvalue weighted by atomic mass is 32.2. The molecule has 16 heavy (non-hydrogen) atoms. The molecule has 1 rings (SSSR count). The van der Waals surface area contributed by atoms with Gasteiger partial charge in [0.2, 0.25) is 0 Å². The molecular formula is C11H23NO3S. The Morgan fingerprint density at radius 2 is 2.12 bits per heavy atom. The lowest BCUT2D eigenvalue weighted by Crippen LogP contribution is -2.33. The fourth-order valence-electron chi connectivity index (χ4n) is 1.57. The molecule has 1 fully saturated rings. The third-order valence-electron chi connectivity index (χ3n) is 2.56. The van der Waals surface area contributed by atoms with Crippen molar-refractivity contribution in [2.24, 2.45) is 5.92 Å². The summed E-state index contributed by atoms with van der Waals surface area (Å²) < 4.78 is 27.5. The molecule has 1 aliphatic rings. The van der Waals surface area contributed by atoms with Crippen LogP contribution in [0.15, 0.2) is 0 Å². The zero-order valence-electron chi connectivity index (χ0n) is 10.2. The Kier molecular flexibility index (Phi) is 5.72. The molecule has 1 atom stereocenters. The maximum Gasteiger partial charge on any atom is 0.148 e. The Balaban J connectivity index is 1.89. The van der Waals surface area contributed by atoms with Crippen LogP contribution in [0.25, 0.3) is 0 Å². The molecule has 0 amide bonds. The van der Waals surface area contributed by atoms with Crippen LogP contribution < -0.4 is 5.32 Å². The Labute approximate surface area is 98.7 Å². The average molecular weight is 249 g/mol. The van der Waals surface area contributed by atoms with Crippen molar-refractivity contribution in [2.75, 3.05) is 31.8 Å². The first-order valence-electron chi connectivity index (χ1n) is 5.96. The van der Waals surface area contributed by atoms with Crippen molar-refractivity contribution in [2.45, 2.75) is 32.2 Å². The van der Waals surface area contributed by atoms with Crippen LogP contribution in [-0.2, 0) is 14.6 Å². The first-order valence-corrected chi connectivity index (χ1v) is 8.02. The van der Waals surface area contributed by atoms with E-state index in [1.807, 2.05) is 6.92 Å². The van der Waals surface area contributed by atoms with Gasteiger partial charge in [-0.2, -0.15) is 0 Å². The number of hydrogen-bond acceptors (Lipinski definition) is 4. The van der Waals surface area contributed by atoms with Crippen molar-refractivity contribution in [3.05, 3.63) is 0 Å². The fourth-order valence-corrected chi connectivity index (χ4v) is 2.60. The van der Waals surface area contributed by atoms with Gasteiger partial charge in [0.1, 0.15) is 9.84 Å². The van der Waals surface area contributed by atoms with Gasteiger partial charge >= 0.3 is 0 Å². The van der Waals surface area contributed by atoms with Crippen LogP contribution in [0.4, 0.5) is 0 Å². The van der Waals surface area contributed by atoms with Gasteiger partial charge in [-0.1, -0.05) is 0 Å². The number of nitrogens with one attached hydrogen (secondary N) is 1. The molecule has 0 bridgehead atoms. The van der Waals surface area contributed by atoms with E-state index in [0.717, 1.165) is 32.1 Å². The van der Waals surface area contributed by atoms with E-state index in [2.05, 4.69) is 5.32 Å². The second-order valence-electron chi connectivity index (χ2n) is 4.82. The highest BCUT2D eigenvalue weighted by Crippen LogP contribution is 2.28. The molecule has 0 aromatic rings. The number of hydrogen-bond donors (Lipinski definition) is 1. The molecule has 0 aliphatic heterocycles. The van der Waals surface area contributed by atoms with Crippen molar-refractivity contribution in [1.29, 1.82) is 0 Å². The lowest BCUT2D eigenvalue weighted by atomic mass is 10.3. The molecule has 0 aromatic carbocycles. The zero-order valence-corrected chi connectivity index (χ0v) is 11.1. The summed E-state index contributed by atoms with van der Waals surface area (Å²) in [6, 6.07) is 0.0263. The van der Waals surface area contributed by atoms with Crippen molar-refractivity contribution >= 4 is 9.84 Å². The normalized spacial score (nSPS) is 18.6. The standard InChI is InChI=1S/C11H23NO3S/c1-10(9-16(2,13)14)12-6-3-7-15-8-11-4-5-11/h10-12H,3-9H2,1-2H3. The maximum atomic E-state index is 11.0. The summed E-state index contributed by atoms with van der Waals surface area (Å²) in [6.07, 6.45) is 4.86. The van der Waals surface area contributed by atoms with E-state index in [4.69, 9.17) is 4.74 Å². The minimum Gasteiger partial charge on any atom is -0.381 e. The van der Waals surface area contributed by atoms with Gasteiger partial charge in [0.15, 0.2) is 0 Å². The Morgan fingerprint density at radius 3 is 2.69 bits per heavy atom. The van der Waals surface area contributed by atoms with Gasteiger partial charge in [-0.15, -0.1) is 0 Å². The maximum absolute atomic E-state index is 11.0. The van der Waals surface area contributed by atoms with E-state index in [9.17, 15) is 8.42 Å². The van der Waals surface area contributed by atoms with Crippen LogP contribution in [0.3, 0.4) is 0 Å². The van der Waals surface area contributed by atoms with Gasteiger partial charge in [0, 0.05) is 25.5 Å². The van der Waals surface area contributed by atoms with Gasteiger partial charge in [-0.25, -0.2) is 8.42 Å². The second-order valence-corrected chi connectivity index (χ2v) is 7.00. The number of sulfone groups is 1. The molecule has 0 aromatic heterocycles. The molecule has 1 aliphatic carbocycles. The lowest BCUT2D eigenvalue weighted by molar-refractivity contribution is 0.121. The van der Waals surface area contributed by atoms with Gasteiger partial charge in [0.05, 0.1) is 5.75 Å². The Bertz CT molecular complexity index is 286. The van der Waals surface area contributed by atoms with Crippen LogP contribution in [-0.4, -0.2) is 46.2 Å². The van der Waals surface area contributed by atoms with E-state index in [1.165, 1.54) is 19.1 Å². The molecule has 5 heteroatoms. The highest BCUT2D eigenvalue weighted by molar-refractivity contribution is 7.90. The molecule has 0 saturated heterocycles. The summed E-state index contributed by atoms with van der Waals surface area (Å²) in [4.78, 5) is 0. The largest absolute Gasteiger partial charge is 0.381 e. The van der Waals surface area contributed by atoms with Crippen LogP contribution in [0.2, 0.25) is 0 Å². The Hall–Kier alpha value is -0.130. The van der Waals surface area contributed by atoms with Crippen LogP contribution in [0, 0.1) is 5.92 Å². The molecule has 1 saturated carbocycles. The van der Waals surface area contributed by atoms with E-state index in [-0.39, 0.29) is 11.8 Å². The van der Waals surface area contributed by atoms with E-state index in [1.54, 1.807) is 0 Å². The smallest absolute Gasteiger partial charge is 0.148 e. The van der Waals surface area contributed by atoms with E-state index < -0.39 is 9.84 Å². The highest BCUT2D eigenvalue weighted by Gasteiger charge is 2.20. The van der Waals surface area contributed by atoms with Crippen LogP contribution >= 0.6 is 0 Å². The topological polar surface area (TPSA) is 55.4 Å². The van der Waals surface area contributed by atoms with Crippen molar-refractivity contribution in [3.63, 3.8) is 0 Å². The molecule has 96 valence electrons. The van der Waals surface area contributed by atoms with Gasteiger partial charge in [-0.3, -0.25) is 0 Å². The van der Waals surface area contributed by atoms with E-state index >= 15 is 0 Å².